The van der Waals surface area contributed by atoms with Crippen LogP contribution in [0.2, 0.25) is 0 Å². The van der Waals surface area contributed by atoms with Gasteiger partial charge >= 0.3 is 0 Å². The number of rotatable bonds is 4. The predicted octanol–water partition coefficient (Wildman–Crippen LogP) is 1.39. The summed E-state index contributed by atoms with van der Waals surface area (Å²) >= 11 is 0. The molecule has 0 saturated heterocycles. The SMILES string of the molecule is Br.CCCCCC(N)N. The number of nitrogens with two attached hydrogens (primary N) is 2. The van der Waals surface area contributed by atoms with E-state index in [0.717, 1.165) is 6.42 Å². The zero-order valence-corrected chi connectivity index (χ0v) is 7.68. The second-order valence-corrected chi connectivity index (χ2v) is 2.16. The molecule has 0 unspecified atom stereocenters. The second-order valence-electron chi connectivity index (χ2n) is 2.16. The summed E-state index contributed by atoms with van der Waals surface area (Å²) in [5.41, 5.74) is 10.6. The van der Waals surface area contributed by atoms with Gasteiger partial charge in [0.2, 0.25) is 0 Å². The Morgan fingerprint density at radius 2 is 1.78 bits per heavy atom. The van der Waals surface area contributed by atoms with E-state index in [0.29, 0.717) is 0 Å². The molecule has 3 heteroatoms. The fourth-order valence-electron chi connectivity index (χ4n) is 0.630. The normalized spacial score (nSPS) is 9.33. The molecular weight excluding hydrogens is 180 g/mol. The zero-order chi connectivity index (χ0) is 6.41. The summed E-state index contributed by atoms with van der Waals surface area (Å²) in [5, 5.41) is 0. The molecule has 0 amide bonds. The quantitative estimate of drug-likeness (QED) is 0.528. The van der Waals surface area contributed by atoms with E-state index >= 15 is 0 Å². The van der Waals surface area contributed by atoms with Gasteiger partial charge in [-0.3, -0.25) is 0 Å². The molecule has 0 fully saturated rings. The van der Waals surface area contributed by atoms with Gasteiger partial charge in [-0.1, -0.05) is 26.2 Å². The summed E-state index contributed by atoms with van der Waals surface area (Å²) in [4.78, 5) is 0. The Hall–Kier alpha value is 0.400. The van der Waals surface area contributed by atoms with Crippen molar-refractivity contribution in [3.05, 3.63) is 0 Å². The first kappa shape index (κ1) is 12.1. The summed E-state index contributed by atoms with van der Waals surface area (Å²) in [6.07, 6.45) is 4.54. The maximum absolute atomic E-state index is 5.31. The molecule has 2 nitrogen and oxygen atoms in total. The lowest BCUT2D eigenvalue weighted by atomic mass is 10.2. The zero-order valence-electron chi connectivity index (χ0n) is 5.97. The molecule has 0 rings (SSSR count). The molecule has 0 bridgehead atoms. The summed E-state index contributed by atoms with van der Waals surface area (Å²) in [5.74, 6) is 0. The first-order valence-corrected chi connectivity index (χ1v) is 3.28. The summed E-state index contributed by atoms with van der Waals surface area (Å²) in [7, 11) is 0. The minimum Gasteiger partial charge on any atom is -0.316 e. The first-order valence-electron chi connectivity index (χ1n) is 3.28. The van der Waals surface area contributed by atoms with Gasteiger partial charge in [0.05, 0.1) is 6.17 Å². The minimum absolute atomic E-state index is 0. The van der Waals surface area contributed by atoms with Crippen LogP contribution in [-0.4, -0.2) is 6.17 Å². The smallest absolute Gasteiger partial charge is 0.0520 e. The van der Waals surface area contributed by atoms with Crippen molar-refractivity contribution in [1.29, 1.82) is 0 Å². The predicted molar refractivity (Wildman–Crippen MR) is 46.6 cm³/mol. The Balaban J connectivity index is 0. The van der Waals surface area contributed by atoms with E-state index in [2.05, 4.69) is 6.92 Å². The molecule has 58 valence electrons. The minimum atomic E-state index is -0.0958. The van der Waals surface area contributed by atoms with Gasteiger partial charge in [-0.15, -0.1) is 17.0 Å². The first-order chi connectivity index (χ1) is 3.77. The van der Waals surface area contributed by atoms with Gasteiger partial charge in [-0.05, 0) is 6.42 Å². The molecule has 0 spiro atoms. The van der Waals surface area contributed by atoms with Crippen molar-refractivity contribution in [2.24, 2.45) is 11.5 Å². The molecule has 0 saturated carbocycles. The van der Waals surface area contributed by atoms with Gasteiger partial charge in [-0.25, -0.2) is 0 Å². The molecule has 0 atom stereocenters. The molecule has 0 aliphatic carbocycles. The van der Waals surface area contributed by atoms with Crippen LogP contribution in [0.4, 0.5) is 0 Å². The van der Waals surface area contributed by atoms with E-state index in [4.69, 9.17) is 11.5 Å². The Labute approximate surface area is 67.8 Å². The highest BCUT2D eigenvalue weighted by molar-refractivity contribution is 8.93. The van der Waals surface area contributed by atoms with Crippen LogP contribution in [0, 0.1) is 0 Å². The van der Waals surface area contributed by atoms with Gasteiger partial charge in [0.1, 0.15) is 0 Å². The van der Waals surface area contributed by atoms with Crippen molar-refractivity contribution in [3.8, 4) is 0 Å². The Morgan fingerprint density at radius 1 is 1.22 bits per heavy atom. The van der Waals surface area contributed by atoms with Crippen molar-refractivity contribution < 1.29 is 0 Å². The lowest BCUT2D eigenvalue weighted by molar-refractivity contribution is 0.575. The molecule has 9 heavy (non-hydrogen) atoms. The van der Waals surface area contributed by atoms with Crippen LogP contribution in [0.1, 0.15) is 32.6 Å². The van der Waals surface area contributed by atoms with Crippen molar-refractivity contribution in [3.63, 3.8) is 0 Å². The summed E-state index contributed by atoms with van der Waals surface area (Å²) in [6, 6.07) is 0. The molecule has 0 aromatic heterocycles. The molecule has 0 radical (unpaired) electrons. The van der Waals surface area contributed by atoms with Crippen LogP contribution in [0.5, 0.6) is 0 Å². The van der Waals surface area contributed by atoms with E-state index < -0.39 is 0 Å². The van der Waals surface area contributed by atoms with Crippen LogP contribution < -0.4 is 11.5 Å². The van der Waals surface area contributed by atoms with Crippen LogP contribution in [-0.2, 0) is 0 Å². The second kappa shape index (κ2) is 8.40. The van der Waals surface area contributed by atoms with Crippen LogP contribution in [0.25, 0.3) is 0 Å². The third-order valence-electron chi connectivity index (χ3n) is 1.14. The van der Waals surface area contributed by atoms with Crippen molar-refractivity contribution in [2.45, 2.75) is 38.8 Å². The van der Waals surface area contributed by atoms with Crippen LogP contribution in [0.3, 0.4) is 0 Å². The molecule has 0 aromatic carbocycles. The highest BCUT2D eigenvalue weighted by atomic mass is 79.9. The van der Waals surface area contributed by atoms with Gasteiger partial charge in [0.15, 0.2) is 0 Å². The Kier molecular flexibility index (Phi) is 11.3. The summed E-state index contributed by atoms with van der Waals surface area (Å²) < 4.78 is 0. The highest BCUT2D eigenvalue weighted by Crippen LogP contribution is 1.97. The maximum Gasteiger partial charge on any atom is 0.0520 e. The largest absolute Gasteiger partial charge is 0.316 e. The molecule has 0 aromatic rings. The van der Waals surface area contributed by atoms with E-state index in [-0.39, 0.29) is 23.1 Å². The van der Waals surface area contributed by atoms with Crippen molar-refractivity contribution in [1.82, 2.24) is 0 Å². The topological polar surface area (TPSA) is 52.0 Å². The standard InChI is InChI=1S/C6H16N2.BrH/c1-2-3-4-5-6(7)8;/h6H,2-5,7-8H2,1H3;1H. The van der Waals surface area contributed by atoms with E-state index in [1.807, 2.05) is 0 Å². The van der Waals surface area contributed by atoms with Crippen molar-refractivity contribution in [2.75, 3.05) is 0 Å². The number of hydrogen-bond acceptors (Lipinski definition) is 2. The molecule has 0 aliphatic rings. The fourth-order valence-corrected chi connectivity index (χ4v) is 0.630. The third kappa shape index (κ3) is 11.8. The highest BCUT2D eigenvalue weighted by Gasteiger charge is 1.90. The van der Waals surface area contributed by atoms with Crippen LogP contribution >= 0.6 is 17.0 Å². The lowest BCUT2D eigenvalue weighted by Crippen LogP contribution is -2.29. The monoisotopic (exact) mass is 196 g/mol. The van der Waals surface area contributed by atoms with Crippen LogP contribution in [0.15, 0.2) is 0 Å². The van der Waals surface area contributed by atoms with E-state index in [1.165, 1.54) is 19.3 Å². The molecular formula is C6H17BrN2. The third-order valence-corrected chi connectivity index (χ3v) is 1.14. The van der Waals surface area contributed by atoms with Gasteiger partial charge in [0.25, 0.3) is 0 Å². The molecule has 0 heterocycles. The number of unbranched alkanes of at least 4 members (excludes halogenated alkanes) is 2. The van der Waals surface area contributed by atoms with E-state index in [9.17, 15) is 0 Å². The Bertz CT molecular complexity index is 48.3. The van der Waals surface area contributed by atoms with Gasteiger partial charge < -0.3 is 11.5 Å². The summed E-state index contributed by atoms with van der Waals surface area (Å²) in [6.45, 7) is 2.17. The molecule has 0 aliphatic heterocycles. The Morgan fingerprint density at radius 3 is 2.11 bits per heavy atom. The fraction of sp³-hybridized carbons (Fsp3) is 1.00. The van der Waals surface area contributed by atoms with Crippen molar-refractivity contribution >= 4 is 17.0 Å². The number of halogens is 1. The van der Waals surface area contributed by atoms with Gasteiger partial charge in [0, 0.05) is 0 Å². The number of hydrogen-bond donors (Lipinski definition) is 2. The lowest BCUT2D eigenvalue weighted by Gasteiger charge is -2.01. The average molecular weight is 197 g/mol. The maximum atomic E-state index is 5.31. The average Bonchev–Trinajstić information content (AvgIpc) is 1.66. The van der Waals surface area contributed by atoms with Gasteiger partial charge in [-0.2, -0.15) is 0 Å². The van der Waals surface area contributed by atoms with E-state index in [1.54, 1.807) is 0 Å². The molecule has 4 N–H and O–H groups in total.